The summed E-state index contributed by atoms with van der Waals surface area (Å²) in [4.78, 5) is 7.99. The van der Waals surface area contributed by atoms with E-state index in [9.17, 15) is 0 Å². The molecule has 1 aliphatic heterocycles. The third kappa shape index (κ3) is 0.835. The minimum Gasteiger partial charge on any atom is -0.476 e. The van der Waals surface area contributed by atoms with Gasteiger partial charge in [0.15, 0.2) is 0 Å². The zero-order valence-corrected chi connectivity index (χ0v) is 5.50. The third-order valence-electron chi connectivity index (χ3n) is 1.48. The third-order valence-corrected chi connectivity index (χ3v) is 1.48. The summed E-state index contributed by atoms with van der Waals surface area (Å²) in [5, 5.41) is 0. The second-order valence-corrected chi connectivity index (χ2v) is 2.20. The van der Waals surface area contributed by atoms with E-state index in [4.69, 9.17) is 4.74 Å². The van der Waals surface area contributed by atoms with Crippen LogP contribution >= 0.6 is 0 Å². The van der Waals surface area contributed by atoms with E-state index >= 15 is 0 Å². The quantitative estimate of drug-likeness (QED) is 0.522. The van der Waals surface area contributed by atoms with Crippen LogP contribution in [-0.4, -0.2) is 16.6 Å². The van der Waals surface area contributed by atoms with Crippen molar-refractivity contribution >= 4 is 0 Å². The van der Waals surface area contributed by atoms with Gasteiger partial charge in [0, 0.05) is 0 Å². The van der Waals surface area contributed by atoms with Gasteiger partial charge in [-0.05, 0) is 12.8 Å². The first-order chi connectivity index (χ1) is 4.97. The van der Waals surface area contributed by atoms with Gasteiger partial charge < -0.3 is 4.74 Å². The van der Waals surface area contributed by atoms with E-state index in [0.717, 1.165) is 25.1 Å². The molecule has 1 radical (unpaired) electrons. The molecule has 1 aromatic heterocycles. The van der Waals surface area contributed by atoms with Crippen LogP contribution in [0.2, 0.25) is 0 Å². The average Bonchev–Trinajstić information content (AvgIpc) is 2.05. The fraction of sp³-hybridized carbons (Fsp3) is 0.429. The van der Waals surface area contributed by atoms with Crippen molar-refractivity contribution in [2.24, 2.45) is 0 Å². The molecule has 10 heavy (non-hydrogen) atoms. The molecule has 0 aromatic carbocycles. The fourth-order valence-electron chi connectivity index (χ4n) is 1.01. The highest BCUT2D eigenvalue weighted by Crippen LogP contribution is 2.17. The summed E-state index contributed by atoms with van der Waals surface area (Å²) in [7, 11) is 0. The van der Waals surface area contributed by atoms with Gasteiger partial charge in [-0.15, -0.1) is 0 Å². The Bertz CT molecular complexity index is 212. The van der Waals surface area contributed by atoms with Crippen molar-refractivity contribution in [3.8, 4) is 5.88 Å². The van der Waals surface area contributed by atoms with Crippen LogP contribution in [0.3, 0.4) is 0 Å². The Labute approximate surface area is 59.1 Å². The van der Waals surface area contributed by atoms with Gasteiger partial charge in [-0.2, -0.15) is 0 Å². The maximum Gasteiger partial charge on any atom is 0.235 e. The molecule has 0 atom stereocenters. The summed E-state index contributed by atoms with van der Waals surface area (Å²) in [5.41, 5.74) is 0.939. The molecule has 0 bridgehead atoms. The van der Waals surface area contributed by atoms with Gasteiger partial charge in [-0.25, -0.2) is 9.97 Å². The summed E-state index contributed by atoms with van der Waals surface area (Å²) >= 11 is 0. The van der Waals surface area contributed by atoms with E-state index in [1.165, 1.54) is 6.20 Å². The molecule has 0 unspecified atom stereocenters. The van der Waals surface area contributed by atoms with E-state index in [-0.39, 0.29) is 0 Å². The number of aromatic nitrogens is 2. The number of aryl methyl sites for hydroxylation is 1. The lowest BCUT2D eigenvalue weighted by molar-refractivity contribution is 0.272. The summed E-state index contributed by atoms with van der Waals surface area (Å²) in [5.74, 6) is 0.685. The molecule has 2 rings (SSSR count). The monoisotopic (exact) mass is 135 g/mol. The maximum absolute atomic E-state index is 5.23. The van der Waals surface area contributed by atoms with Crippen molar-refractivity contribution in [1.29, 1.82) is 0 Å². The number of ether oxygens (including phenoxy) is 1. The molecule has 0 saturated carbocycles. The number of hydrogen-bond acceptors (Lipinski definition) is 3. The molecule has 1 aliphatic rings. The van der Waals surface area contributed by atoms with Crippen LogP contribution in [0.15, 0.2) is 6.20 Å². The Kier molecular flexibility index (Phi) is 1.27. The van der Waals surface area contributed by atoms with Crippen LogP contribution in [-0.2, 0) is 6.42 Å². The van der Waals surface area contributed by atoms with Gasteiger partial charge >= 0.3 is 0 Å². The van der Waals surface area contributed by atoms with Gasteiger partial charge in [0.05, 0.1) is 12.8 Å². The SMILES string of the molecule is [c]1cnc2c(n1)CCCO2. The molecule has 3 heteroatoms. The van der Waals surface area contributed by atoms with E-state index in [2.05, 4.69) is 16.2 Å². The van der Waals surface area contributed by atoms with E-state index in [0.29, 0.717) is 5.88 Å². The van der Waals surface area contributed by atoms with Crippen molar-refractivity contribution in [2.45, 2.75) is 12.8 Å². The summed E-state index contributed by atoms with van der Waals surface area (Å²) < 4.78 is 5.23. The molecule has 2 heterocycles. The first-order valence-electron chi connectivity index (χ1n) is 3.31. The Balaban J connectivity index is 2.41. The molecule has 0 saturated heterocycles. The second kappa shape index (κ2) is 2.25. The molecule has 3 nitrogen and oxygen atoms in total. The van der Waals surface area contributed by atoms with Crippen LogP contribution < -0.4 is 4.74 Å². The highest BCUT2D eigenvalue weighted by molar-refractivity contribution is 5.18. The van der Waals surface area contributed by atoms with E-state index < -0.39 is 0 Å². The van der Waals surface area contributed by atoms with E-state index in [1.807, 2.05) is 0 Å². The molecule has 0 spiro atoms. The van der Waals surface area contributed by atoms with Gasteiger partial charge in [0.2, 0.25) is 5.88 Å². The lowest BCUT2D eigenvalue weighted by Crippen LogP contribution is -2.10. The Hall–Kier alpha value is -1.12. The lowest BCUT2D eigenvalue weighted by atomic mass is 10.2. The Morgan fingerprint density at radius 2 is 2.60 bits per heavy atom. The van der Waals surface area contributed by atoms with Crippen molar-refractivity contribution in [1.82, 2.24) is 9.97 Å². The number of rotatable bonds is 0. The average molecular weight is 135 g/mol. The second-order valence-electron chi connectivity index (χ2n) is 2.20. The minimum atomic E-state index is 0.685. The standard InChI is InChI=1S/C7H7N2O/c1-2-6-7(10-5-1)9-4-3-8-6/h4H,1-2,5H2. The molecular weight excluding hydrogens is 128 g/mol. The van der Waals surface area contributed by atoms with Crippen LogP contribution in [0.1, 0.15) is 12.1 Å². The van der Waals surface area contributed by atoms with Gasteiger partial charge in [0.1, 0.15) is 11.9 Å². The van der Waals surface area contributed by atoms with Gasteiger partial charge in [-0.1, -0.05) is 0 Å². The Morgan fingerprint density at radius 3 is 3.50 bits per heavy atom. The van der Waals surface area contributed by atoms with Crippen LogP contribution in [0.5, 0.6) is 5.88 Å². The lowest BCUT2D eigenvalue weighted by Gasteiger charge is -2.12. The van der Waals surface area contributed by atoms with Crippen LogP contribution in [0, 0.1) is 6.20 Å². The molecule has 1 aromatic rings. The van der Waals surface area contributed by atoms with Gasteiger partial charge in [0.25, 0.3) is 0 Å². The molecule has 51 valence electrons. The largest absolute Gasteiger partial charge is 0.476 e. The molecule has 0 aliphatic carbocycles. The smallest absolute Gasteiger partial charge is 0.235 e. The molecule has 0 amide bonds. The van der Waals surface area contributed by atoms with Crippen LogP contribution in [0.25, 0.3) is 0 Å². The van der Waals surface area contributed by atoms with Gasteiger partial charge in [-0.3, -0.25) is 0 Å². The molecular formula is C7H7N2O. The Morgan fingerprint density at radius 1 is 1.60 bits per heavy atom. The summed E-state index contributed by atoms with van der Waals surface area (Å²) in [6.45, 7) is 0.770. The minimum absolute atomic E-state index is 0.685. The first-order valence-corrected chi connectivity index (χ1v) is 3.31. The fourth-order valence-corrected chi connectivity index (χ4v) is 1.01. The number of nitrogens with zero attached hydrogens (tertiary/aromatic N) is 2. The highest BCUT2D eigenvalue weighted by atomic mass is 16.5. The number of fused-ring (bicyclic) bond motifs is 1. The predicted octanol–water partition coefficient (Wildman–Crippen LogP) is 0.602. The summed E-state index contributed by atoms with van der Waals surface area (Å²) in [6.07, 6.45) is 6.22. The maximum atomic E-state index is 5.23. The number of hydrogen-bond donors (Lipinski definition) is 0. The first kappa shape index (κ1) is 5.65. The van der Waals surface area contributed by atoms with Crippen molar-refractivity contribution in [2.75, 3.05) is 6.61 Å². The van der Waals surface area contributed by atoms with Crippen molar-refractivity contribution in [3.63, 3.8) is 0 Å². The zero-order valence-electron chi connectivity index (χ0n) is 5.50. The topological polar surface area (TPSA) is 35.0 Å². The van der Waals surface area contributed by atoms with E-state index in [1.54, 1.807) is 0 Å². The van der Waals surface area contributed by atoms with Crippen LogP contribution in [0.4, 0.5) is 0 Å². The molecule has 0 N–H and O–H groups in total. The predicted molar refractivity (Wildman–Crippen MR) is 34.7 cm³/mol. The van der Waals surface area contributed by atoms with Crippen molar-refractivity contribution in [3.05, 3.63) is 18.1 Å². The summed E-state index contributed by atoms with van der Waals surface area (Å²) in [6, 6.07) is 0. The van der Waals surface area contributed by atoms with Crippen molar-refractivity contribution < 1.29 is 4.74 Å². The zero-order chi connectivity index (χ0) is 6.81. The normalized spacial score (nSPS) is 15.6. The highest BCUT2D eigenvalue weighted by Gasteiger charge is 2.10. The molecule has 0 fully saturated rings.